The average Bonchev–Trinajstić information content (AvgIpc) is 2.45. The zero-order chi connectivity index (χ0) is 7.84. The van der Waals surface area contributed by atoms with E-state index < -0.39 is 11.1 Å². The van der Waals surface area contributed by atoms with Gasteiger partial charge in [-0.3, -0.25) is 19.8 Å². The fraction of sp³-hybridized carbons (Fsp3) is 0. The molecule has 2 rings (SSSR count). The van der Waals surface area contributed by atoms with Crippen molar-refractivity contribution < 1.29 is 0 Å². The van der Waals surface area contributed by atoms with Crippen LogP contribution in [0.25, 0.3) is 11.0 Å². The van der Waals surface area contributed by atoms with Crippen molar-refractivity contribution >= 4 is 22.8 Å². The van der Waals surface area contributed by atoms with E-state index in [1.165, 1.54) is 0 Å². The molecule has 0 aliphatic carbocycles. The van der Waals surface area contributed by atoms with Crippen LogP contribution in [-0.2, 0) is 0 Å². The summed E-state index contributed by atoms with van der Waals surface area (Å²) < 4.78 is 7.29. The summed E-state index contributed by atoms with van der Waals surface area (Å²) in [5, 5.41) is 4.28. The summed E-state index contributed by atoms with van der Waals surface area (Å²) in [5.74, 6) is 0. The van der Waals surface area contributed by atoms with Crippen molar-refractivity contribution in [1.82, 2.24) is 18.9 Å². The molecule has 0 radical (unpaired) electrons. The Bertz CT molecular complexity index is 450. The molecule has 2 N–H and O–H groups in total. The fourth-order valence-corrected chi connectivity index (χ4v) is 1.26. The molecule has 0 aliphatic heterocycles. The summed E-state index contributed by atoms with van der Waals surface area (Å²) >= 11 is 0.841. The van der Waals surface area contributed by atoms with Crippen molar-refractivity contribution in [3.05, 3.63) is 20.7 Å². The predicted molar refractivity (Wildman–Crippen MR) is 38.7 cm³/mol. The molecule has 56 valence electrons. The van der Waals surface area contributed by atoms with Crippen LogP contribution in [0.5, 0.6) is 0 Å². The smallest absolute Gasteiger partial charge is 0.265 e. The van der Waals surface area contributed by atoms with Gasteiger partial charge in [0.1, 0.15) is 0 Å². The largest absolute Gasteiger partial charge is 0.291 e. The van der Waals surface area contributed by atoms with Crippen LogP contribution in [0.2, 0.25) is 0 Å². The third-order valence-electron chi connectivity index (χ3n) is 1.21. The second-order valence-electron chi connectivity index (χ2n) is 1.87. The maximum atomic E-state index is 10.9. The van der Waals surface area contributed by atoms with Crippen LogP contribution >= 0.6 is 11.7 Å². The average molecular weight is 170 g/mol. The molecule has 2 aromatic rings. The summed E-state index contributed by atoms with van der Waals surface area (Å²) in [6.45, 7) is 0. The Kier molecular flexibility index (Phi) is 1.13. The highest BCUT2D eigenvalue weighted by Crippen LogP contribution is 1.96. The molecular weight excluding hydrogens is 168 g/mol. The number of fused-ring (bicyclic) bond motifs is 1. The summed E-state index contributed by atoms with van der Waals surface area (Å²) in [4.78, 5) is 21.7. The summed E-state index contributed by atoms with van der Waals surface area (Å²) in [5.41, 5.74) is -0.654. The number of H-pyrrole nitrogens is 2. The fourth-order valence-electron chi connectivity index (χ4n) is 0.718. The highest BCUT2D eigenvalue weighted by molar-refractivity contribution is 7.00. The van der Waals surface area contributed by atoms with Gasteiger partial charge in [0.05, 0.1) is 11.7 Å². The Hall–Kier alpha value is -1.50. The molecule has 6 nitrogen and oxygen atoms in total. The molecule has 0 aliphatic rings. The molecule has 2 aromatic heterocycles. The first-order valence-corrected chi connectivity index (χ1v) is 3.45. The molecule has 0 spiro atoms. The van der Waals surface area contributed by atoms with E-state index in [-0.39, 0.29) is 11.0 Å². The lowest BCUT2D eigenvalue weighted by molar-refractivity contribution is 0.971. The molecule has 11 heavy (non-hydrogen) atoms. The summed E-state index contributed by atoms with van der Waals surface area (Å²) in [6.07, 6.45) is 0. The van der Waals surface area contributed by atoms with Crippen molar-refractivity contribution in [2.75, 3.05) is 0 Å². The molecule has 0 atom stereocenters. The molecule has 0 unspecified atom stereocenters. The minimum Gasteiger partial charge on any atom is -0.265 e. The third kappa shape index (κ3) is 0.777. The van der Waals surface area contributed by atoms with E-state index in [2.05, 4.69) is 18.9 Å². The quantitative estimate of drug-likeness (QED) is 0.534. The molecular formula is C4H2N4O2S. The van der Waals surface area contributed by atoms with Crippen LogP contribution in [-0.4, -0.2) is 18.9 Å². The van der Waals surface area contributed by atoms with Crippen molar-refractivity contribution in [3.8, 4) is 0 Å². The van der Waals surface area contributed by atoms with Crippen LogP contribution in [0, 0.1) is 0 Å². The second-order valence-corrected chi connectivity index (χ2v) is 2.40. The van der Waals surface area contributed by atoms with E-state index in [1.54, 1.807) is 0 Å². The monoisotopic (exact) mass is 170 g/mol. The second kappa shape index (κ2) is 1.99. The molecule has 0 aromatic carbocycles. The van der Waals surface area contributed by atoms with E-state index in [4.69, 9.17) is 0 Å². The van der Waals surface area contributed by atoms with Gasteiger partial charge in [-0.05, 0) is 0 Å². The SMILES string of the molecule is O=c1[nH][nH]c(=O)c2nsnc12. The summed E-state index contributed by atoms with van der Waals surface area (Å²) in [7, 11) is 0. The highest BCUT2D eigenvalue weighted by atomic mass is 32.1. The van der Waals surface area contributed by atoms with Gasteiger partial charge in [0.15, 0.2) is 11.0 Å². The third-order valence-corrected chi connectivity index (χ3v) is 1.74. The Morgan fingerprint density at radius 1 is 1.00 bits per heavy atom. The maximum Gasteiger partial charge on any atom is 0.291 e. The van der Waals surface area contributed by atoms with Gasteiger partial charge in [-0.25, -0.2) is 0 Å². The molecule has 0 fully saturated rings. The molecule has 0 saturated carbocycles. The van der Waals surface area contributed by atoms with Gasteiger partial charge in [-0.1, -0.05) is 0 Å². The highest BCUT2D eigenvalue weighted by Gasteiger charge is 2.05. The number of rotatable bonds is 0. The van der Waals surface area contributed by atoms with E-state index in [0.717, 1.165) is 11.7 Å². The standard InChI is InChI=1S/C4H2N4O2S/c9-3-1-2(8-11-7-1)4(10)6-5-3/h(H,5,9)(H,6,10). The molecule has 0 amide bonds. The van der Waals surface area contributed by atoms with Gasteiger partial charge in [-0.15, -0.1) is 0 Å². The van der Waals surface area contributed by atoms with Crippen molar-refractivity contribution in [2.45, 2.75) is 0 Å². The van der Waals surface area contributed by atoms with Crippen LogP contribution in [0.1, 0.15) is 0 Å². The van der Waals surface area contributed by atoms with E-state index in [9.17, 15) is 9.59 Å². The normalized spacial score (nSPS) is 10.5. The lowest BCUT2D eigenvalue weighted by Crippen LogP contribution is -2.18. The van der Waals surface area contributed by atoms with E-state index in [1.807, 2.05) is 0 Å². The van der Waals surface area contributed by atoms with Crippen molar-refractivity contribution in [3.63, 3.8) is 0 Å². The Balaban J connectivity index is 3.21. The first-order chi connectivity index (χ1) is 5.29. The molecule has 2 heterocycles. The molecule has 0 saturated heterocycles. The molecule has 7 heteroatoms. The number of aromatic amines is 2. The lowest BCUT2D eigenvalue weighted by Gasteiger charge is -1.81. The van der Waals surface area contributed by atoms with Gasteiger partial charge >= 0.3 is 0 Å². The predicted octanol–water partition coefficient (Wildman–Crippen LogP) is -0.932. The van der Waals surface area contributed by atoms with Crippen LogP contribution < -0.4 is 11.1 Å². The minimum atomic E-state index is -0.423. The Labute approximate surface area is 63.2 Å². The maximum absolute atomic E-state index is 10.9. The van der Waals surface area contributed by atoms with Gasteiger partial charge in [0, 0.05) is 0 Å². The van der Waals surface area contributed by atoms with E-state index >= 15 is 0 Å². The topological polar surface area (TPSA) is 91.5 Å². The van der Waals surface area contributed by atoms with Crippen LogP contribution in [0.4, 0.5) is 0 Å². The van der Waals surface area contributed by atoms with Crippen LogP contribution in [0.3, 0.4) is 0 Å². The van der Waals surface area contributed by atoms with Crippen LogP contribution in [0.15, 0.2) is 9.59 Å². The van der Waals surface area contributed by atoms with Crippen molar-refractivity contribution in [2.24, 2.45) is 0 Å². The minimum absolute atomic E-state index is 0.0961. The van der Waals surface area contributed by atoms with Crippen molar-refractivity contribution in [1.29, 1.82) is 0 Å². The Morgan fingerprint density at radius 2 is 1.45 bits per heavy atom. The lowest BCUT2D eigenvalue weighted by atomic mass is 10.5. The molecule has 0 bridgehead atoms. The first-order valence-electron chi connectivity index (χ1n) is 2.72. The zero-order valence-corrected chi connectivity index (χ0v) is 5.94. The number of hydrogen-bond acceptors (Lipinski definition) is 5. The van der Waals surface area contributed by atoms with E-state index in [0.29, 0.717) is 0 Å². The first kappa shape index (κ1) is 6.23. The Morgan fingerprint density at radius 3 is 1.91 bits per heavy atom. The number of nitrogens with one attached hydrogen (secondary N) is 2. The van der Waals surface area contributed by atoms with Gasteiger partial charge < -0.3 is 0 Å². The van der Waals surface area contributed by atoms with Gasteiger partial charge in [0.25, 0.3) is 11.1 Å². The number of aromatic nitrogens is 4. The zero-order valence-electron chi connectivity index (χ0n) is 5.12. The number of nitrogens with zero attached hydrogens (tertiary/aromatic N) is 2. The number of hydrogen-bond donors (Lipinski definition) is 2. The van der Waals surface area contributed by atoms with Gasteiger partial charge in [-0.2, -0.15) is 8.75 Å². The summed E-state index contributed by atoms with van der Waals surface area (Å²) in [6, 6.07) is 0. The van der Waals surface area contributed by atoms with Gasteiger partial charge in [0.2, 0.25) is 0 Å².